The van der Waals surface area contributed by atoms with Crippen LogP contribution in [0.3, 0.4) is 0 Å². The van der Waals surface area contributed by atoms with Gasteiger partial charge in [0.2, 0.25) is 5.91 Å². The Kier molecular flexibility index (Phi) is 10.3. The normalized spacial score (nSPS) is 19.3. The summed E-state index contributed by atoms with van der Waals surface area (Å²) in [4.78, 5) is 20.9. The molecule has 174 valence electrons. The minimum Gasteiger partial charge on any atom is -0.370 e. The minimum absolute atomic E-state index is 0. The number of guanidine groups is 1. The Labute approximate surface area is 203 Å². The second-order valence-corrected chi connectivity index (χ2v) is 8.28. The van der Waals surface area contributed by atoms with E-state index in [1.807, 2.05) is 35.8 Å². The van der Waals surface area contributed by atoms with E-state index in [1.165, 1.54) is 12.8 Å². The van der Waals surface area contributed by atoms with E-state index in [0.29, 0.717) is 24.1 Å². The first-order chi connectivity index (χ1) is 14.5. The van der Waals surface area contributed by atoms with Gasteiger partial charge in [0.1, 0.15) is 5.82 Å². The molecule has 1 aliphatic heterocycles. The molecule has 0 bridgehead atoms. The van der Waals surface area contributed by atoms with Crippen LogP contribution in [0, 0.1) is 11.7 Å². The van der Waals surface area contributed by atoms with Crippen molar-refractivity contribution < 1.29 is 9.18 Å². The Balaban J connectivity index is 0.00000341. The molecule has 1 atom stereocenters. The summed E-state index contributed by atoms with van der Waals surface area (Å²) >= 11 is 0. The number of amides is 1. The minimum atomic E-state index is -0.196. The molecule has 2 N–H and O–H groups in total. The zero-order valence-corrected chi connectivity index (χ0v) is 21.3. The molecule has 1 aromatic rings. The lowest BCUT2D eigenvalue weighted by atomic mass is 10.1. The van der Waals surface area contributed by atoms with E-state index >= 15 is 0 Å². The van der Waals surface area contributed by atoms with Crippen LogP contribution in [0.25, 0.3) is 0 Å². The molecule has 0 aromatic heterocycles. The van der Waals surface area contributed by atoms with Crippen molar-refractivity contribution in [2.45, 2.75) is 58.5 Å². The number of halogens is 2. The largest absolute Gasteiger partial charge is 0.370 e. The maximum absolute atomic E-state index is 14.5. The lowest BCUT2D eigenvalue weighted by molar-refractivity contribution is -0.134. The third-order valence-electron chi connectivity index (χ3n) is 6.34. The zero-order valence-electron chi connectivity index (χ0n) is 19.0. The molecule has 2 aliphatic rings. The highest BCUT2D eigenvalue weighted by molar-refractivity contribution is 14.0. The van der Waals surface area contributed by atoms with Crippen molar-refractivity contribution >= 4 is 41.5 Å². The summed E-state index contributed by atoms with van der Waals surface area (Å²) in [7, 11) is 1.73. The van der Waals surface area contributed by atoms with E-state index in [1.54, 1.807) is 13.1 Å². The van der Waals surface area contributed by atoms with Crippen molar-refractivity contribution in [3.63, 3.8) is 0 Å². The van der Waals surface area contributed by atoms with E-state index in [2.05, 4.69) is 15.6 Å². The Morgan fingerprint density at radius 3 is 2.55 bits per heavy atom. The van der Waals surface area contributed by atoms with Crippen LogP contribution >= 0.6 is 24.0 Å². The quantitative estimate of drug-likeness (QED) is 0.312. The molecule has 1 unspecified atom stereocenters. The summed E-state index contributed by atoms with van der Waals surface area (Å²) < 4.78 is 14.5. The fourth-order valence-electron chi connectivity index (χ4n) is 4.56. The molecule has 6 nitrogen and oxygen atoms in total. The number of carbonyl (C=O) groups excluding carboxylic acids is 1. The molecule has 1 amide bonds. The highest BCUT2D eigenvalue weighted by Gasteiger charge is 2.32. The number of aliphatic imine (C=N–C) groups is 1. The van der Waals surface area contributed by atoms with Crippen LogP contribution in [0.4, 0.5) is 10.1 Å². The molecule has 1 aliphatic carbocycles. The molecule has 0 spiro atoms. The molecule has 1 saturated carbocycles. The van der Waals surface area contributed by atoms with Gasteiger partial charge < -0.3 is 20.4 Å². The Hall–Kier alpha value is -1.58. The monoisotopic (exact) mass is 545 g/mol. The van der Waals surface area contributed by atoms with E-state index < -0.39 is 0 Å². The van der Waals surface area contributed by atoms with Gasteiger partial charge in [0, 0.05) is 51.7 Å². The maximum atomic E-state index is 14.5. The molecule has 1 heterocycles. The lowest BCUT2D eigenvalue weighted by Gasteiger charge is -2.22. The van der Waals surface area contributed by atoms with E-state index in [-0.39, 0.29) is 41.8 Å². The van der Waals surface area contributed by atoms with Gasteiger partial charge >= 0.3 is 0 Å². The molecule has 3 rings (SSSR count). The molecule has 8 heteroatoms. The zero-order chi connectivity index (χ0) is 21.5. The fourth-order valence-corrected chi connectivity index (χ4v) is 4.56. The Bertz CT molecular complexity index is 749. The molecule has 0 radical (unpaired) electrons. The first-order valence-electron chi connectivity index (χ1n) is 11.3. The highest BCUT2D eigenvalue weighted by atomic mass is 127. The van der Waals surface area contributed by atoms with Gasteiger partial charge in [-0.3, -0.25) is 9.79 Å². The number of benzene rings is 1. The average molecular weight is 545 g/mol. The number of hydrogen-bond donors (Lipinski definition) is 2. The number of nitrogens with one attached hydrogen (secondary N) is 2. The van der Waals surface area contributed by atoms with Crippen LogP contribution in [-0.2, 0) is 11.3 Å². The molecule has 31 heavy (non-hydrogen) atoms. The van der Waals surface area contributed by atoms with Crippen molar-refractivity contribution in [3.05, 3.63) is 29.6 Å². The molecule has 1 aromatic carbocycles. The van der Waals surface area contributed by atoms with E-state index in [9.17, 15) is 9.18 Å². The van der Waals surface area contributed by atoms with E-state index in [0.717, 1.165) is 51.0 Å². The number of hydrogen-bond acceptors (Lipinski definition) is 3. The third-order valence-corrected chi connectivity index (χ3v) is 6.34. The number of carbonyl (C=O) groups is 1. The first kappa shape index (κ1) is 25.7. The van der Waals surface area contributed by atoms with Gasteiger partial charge in [0.05, 0.1) is 5.69 Å². The van der Waals surface area contributed by atoms with Gasteiger partial charge in [-0.25, -0.2) is 4.39 Å². The van der Waals surface area contributed by atoms with Crippen molar-refractivity contribution in [2.24, 2.45) is 10.9 Å². The molecular formula is C23H37FIN5O. The van der Waals surface area contributed by atoms with Gasteiger partial charge in [-0.2, -0.15) is 0 Å². The summed E-state index contributed by atoms with van der Waals surface area (Å²) in [6, 6.07) is 5.59. The standard InChI is InChI=1S/C23H36FN5O.HI/c1-4-28(5-2)21-11-10-17(14-20(21)24)15-26-23(25-3)27-19-12-13-29(16-19)22(30)18-8-6-7-9-18;/h10-11,14,18-19H,4-9,12-13,15-16H2,1-3H3,(H2,25,26,27);1H. The van der Waals surface area contributed by atoms with Gasteiger partial charge in [0.15, 0.2) is 5.96 Å². The molecule has 1 saturated heterocycles. The van der Waals surface area contributed by atoms with Gasteiger partial charge in [-0.15, -0.1) is 24.0 Å². The summed E-state index contributed by atoms with van der Waals surface area (Å²) in [6.07, 6.45) is 5.37. The summed E-state index contributed by atoms with van der Waals surface area (Å²) in [6.45, 7) is 7.64. The van der Waals surface area contributed by atoms with Gasteiger partial charge in [-0.1, -0.05) is 18.9 Å². The molecule has 2 fully saturated rings. The van der Waals surface area contributed by atoms with E-state index in [4.69, 9.17) is 0 Å². The van der Waals surface area contributed by atoms with Crippen LogP contribution in [0.1, 0.15) is 51.5 Å². The maximum Gasteiger partial charge on any atom is 0.225 e. The SMILES string of the molecule is CCN(CC)c1ccc(CNC(=NC)NC2CCN(C(=O)C3CCCC3)C2)cc1F.I. The predicted octanol–water partition coefficient (Wildman–Crippen LogP) is 3.75. The van der Waals surface area contributed by atoms with Crippen LogP contribution in [-0.4, -0.2) is 56.0 Å². The Morgan fingerprint density at radius 1 is 1.23 bits per heavy atom. The van der Waals surface area contributed by atoms with Crippen LogP contribution in [0.2, 0.25) is 0 Å². The smallest absolute Gasteiger partial charge is 0.225 e. The third kappa shape index (κ3) is 6.70. The second-order valence-electron chi connectivity index (χ2n) is 8.28. The molecular weight excluding hydrogens is 508 g/mol. The number of rotatable bonds is 7. The van der Waals surface area contributed by atoms with Crippen LogP contribution in [0.5, 0.6) is 0 Å². The summed E-state index contributed by atoms with van der Waals surface area (Å²) in [5.74, 6) is 1.04. The number of anilines is 1. The average Bonchev–Trinajstić information content (AvgIpc) is 3.45. The lowest BCUT2D eigenvalue weighted by Crippen LogP contribution is -2.45. The number of likely N-dealkylation sites (tertiary alicyclic amines) is 1. The van der Waals surface area contributed by atoms with Crippen molar-refractivity contribution in [2.75, 3.05) is 38.1 Å². The second kappa shape index (κ2) is 12.5. The van der Waals surface area contributed by atoms with Crippen molar-refractivity contribution in [1.82, 2.24) is 15.5 Å². The van der Waals surface area contributed by atoms with Gasteiger partial charge in [0.25, 0.3) is 0 Å². The fraction of sp³-hybridized carbons (Fsp3) is 0.652. The highest BCUT2D eigenvalue weighted by Crippen LogP contribution is 2.28. The summed E-state index contributed by atoms with van der Waals surface area (Å²) in [5, 5.41) is 6.69. The summed E-state index contributed by atoms with van der Waals surface area (Å²) in [5.41, 5.74) is 1.51. The van der Waals surface area contributed by atoms with Crippen LogP contribution in [0.15, 0.2) is 23.2 Å². The topological polar surface area (TPSA) is 60.0 Å². The van der Waals surface area contributed by atoms with Gasteiger partial charge in [-0.05, 0) is 50.8 Å². The van der Waals surface area contributed by atoms with Crippen molar-refractivity contribution in [1.29, 1.82) is 0 Å². The number of nitrogens with zero attached hydrogens (tertiary/aromatic N) is 3. The van der Waals surface area contributed by atoms with Crippen LogP contribution < -0.4 is 15.5 Å². The van der Waals surface area contributed by atoms with Crippen molar-refractivity contribution in [3.8, 4) is 0 Å². The Morgan fingerprint density at radius 2 is 1.94 bits per heavy atom. The predicted molar refractivity (Wildman–Crippen MR) is 136 cm³/mol. The first-order valence-corrected chi connectivity index (χ1v) is 11.3.